The molecule has 23 heavy (non-hydrogen) atoms. The molecule has 1 aliphatic heterocycles. The van der Waals surface area contributed by atoms with Crippen LogP contribution in [-0.4, -0.2) is 39.1 Å². The normalized spacial score (nSPS) is 26.0. The molecule has 1 saturated carbocycles. The summed E-state index contributed by atoms with van der Waals surface area (Å²) < 4.78 is 2.12. The maximum atomic E-state index is 10.0. The van der Waals surface area contributed by atoms with Crippen LogP contribution in [-0.2, 0) is 6.54 Å². The van der Waals surface area contributed by atoms with Crippen LogP contribution in [0.3, 0.4) is 0 Å². The van der Waals surface area contributed by atoms with E-state index in [1.54, 1.807) is 0 Å². The van der Waals surface area contributed by atoms with Crippen LogP contribution in [0.1, 0.15) is 43.4 Å². The molecule has 124 valence electrons. The minimum atomic E-state index is 0.134. The number of likely N-dealkylation sites (tertiary alicyclic amines) is 1. The largest absolute Gasteiger partial charge is 0.396 e. The third-order valence-corrected chi connectivity index (χ3v) is 5.53. The number of fused-ring (bicyclic) bond motifs is 1. The molecule has 4 nitrogen and oxygen atoms in total. The minimum absolute atomic E-state index is 0.134. The molecule has 1 atom stereocenters. The van der Waals surface area contributed by atoms with Gasteiger partial charge in [0.15, 0.2) is 0 Å². The smallest absolute Gasteiger partial charge is 0.137 e. The van der Waals surface area contributed by atoms with Gasteiger partial charge in [-0.2, -0.15) is 0 Å². The second-order valence-corrected chi connectivity index (χ2v) is 7.82. The zero-order valence-electron chi connectivity index (χ0n) is 14.0. The van der Waals surface area contributed by atoms with Gasteiger partial charge in [-0.15, -0.1) is 0 Å². The average Bonchev–Trinajstić information content (AvgIpc) is 3.25. The second-order valence-electron chi connectivity index (χ2n) is 7.82. The number of hydrogen-bond acceptors (Lipinski definition) is 3. The van der Waals surface area contributed by atoms with Gasteiger partial charge in [-0.25, -0.2) is 4.98 Å². The van der Waals surface area contributed by atoms with Crippen molar-refractivity contribution in [2.24, 2.45) is 11.3 Å². The Morgan fingerprint density at radius 1 is 1.30 bits per heavy atom. The fourth-order valence-corrected chi connectivity index (χ4v) is 4.20. The summed E-state index contributed by atoms with van der Waals surface area (Å²) in [4.78, 5) is 7.25. The molecule has 1 aliphatic carbocycles. The van der Waals surface area contributed by atoms with Crippen molar-refractivity contribution in [2.45, 2.75) is 45.6 Å². The SMILES string of the molecule is Cc1ccc2nc(CN3CCCC(CO)(CC4CC4)C3)cn2c1. The van der Waals surface area contributed by atoms with Gasteiger partial charge in [-0.1, -0.05) is 18.9 Å². The van der Waals surface area contributed by atoms with Gasteiger partial charge < -0.3 is 9.51 Å². The van der Waals surface area contributed by atoms with Crippen molar-refractivity contribution in [3.63, 3.8) is 0 Å². The molecule has 1 N–H and O–H groups in total. The summed E-state index contributed by atoms with van der Waals surface area (Å²) in [7, 11) is 0. The van der Waals surface area contributed by atoms with Gasteiger partial charge in [0.1, 0.15) is 5.65 Å². The number of aromatic nitrogens is 2. The Balaban J connectivity index is 1.48. The molecule has 0 spiro atoms. The van der Waals surface area contributed by atoms with E-state index in [1.165, 1.54) is 37.7 Å². The summed E-state index contributed by atoms with van der Waals surface area (Å²) in [5, 5.41) is 10.0. The van der Waals surface area contributed by atoms with Crippen molar-refractivity contribution in [3.8, 4) is 0 Å². The highest BCUT2D eigenvalue weighted by Gasteiger charge is 2.39. The van der Waals surface area contributed by atoms with E-state index in [0.29, 0.717) is 6.61 Å². The molecule has 2 aromatic heterocycles. The number of piperidine rings is 1. The highest BCUT2D eigenvalue weighted by atomic mass is 16.3. The van der Waals surface area contributed by atoms with E-state index in [9.17, 15) is 5.11 Å². The molecule has 3 heterocycles. The maximum Gasteiger partial charge on any atom is 0.137 e. The van der Waals surface area contributed by atoms with Crippen LogP contribution in [0.25, 0.3) is 5.65 Å². The predicted octanol–water partition coefficient (Wildman–Crippen LogP) is 3.02. The molecular formula is C19H27N3O. The number of hydrogen-bond donors (Lipinski definition) is 1. The van der Waals surface area contributed by atoms with Crippen molar-refractivity contribution in [2.75, 3.05) is 19.7 Å². The van der Waals surface area contributed by atoms with Crippen LogP contribution in [0, 0.1) is 18.3 Å². The van der Waals surface area contributed by atoms with Crippen molar-refractivity contribution >= 4 is 5.65 Å². The first kappa shape index (κ1) is 15.2. The highest BCUT2D eigenvalue weighted by Crippen LogP contribution is 2.44. The second kappa shape index (κ2) is 5.91. The fraction of sp³-hybridized carbons (Fsp3) is 0.632. The summed E-state index contributed by atoms with van der Waals surface area (Å²) in [5.41, 5.74) is 3.54. The molecule has 4 rings (SSSR count). The molecule has 0 amide bonds. The summed E-state index contributed by atoms with van der Waals surface area (Å²) in [6.07, 6.45) is 10.6. The lowest BCUT2D eigenvalue weighted by Crippen LogP contribution is -2.45. The highest BCUT2D eigenvalue weighted by molar-refractivity contribution is 5.41. The molecule has 0 radical (unpaired) electrons. The van der Waals surface area contributed by atoms with Crippen LogP contribution in [0.5, 0.6) is 0 Å². The molecule has 2 aliphatic rings. The van der Waals surface area contributed by atoms with Crippen LogP contribution in [0.15, 0.2) is 24.5 Å². The lowest BCUT2D eigenvalue weighted by atomic mass is 9.76. The average molecular weight is 313 g/mol. The number of aliphatic hydroxyl groups is 1. The van der Waals surface area contributed by atoms with Crippen molar-refractivity contribution in [1.82, 2.24) is 14.3 Å². The van der Waals surface area contributed by atoms with E-state index >= 15 is 0 Å². The van der Waals surface area contributed by atoms with Crippen LogP contribution < -0.4 is 0 Å². The third-order valence-electron chi connectivity index (χ3n) is 5.53. The van der Waals surface area contributed by atoms with E-state index in [4.69, 9.17) is 4.98 Å². The first-order valence-electron chi connectivity index (χ1n) is 8.93. The topological polar surface area (TPSA) is 40.8 Å². The Labute approximate surface area is 138 Å². The van der Waals surface area contributed by atoms with Gasteiger partial charge in [0.25, 0.3) is 0 Å². The van der Waals surface area contributed by atoms with Gasteiger partial charge in [0.2, 0.25) is 0 Å². The number of rotatable bonds is 5. The van der Waals surface area contributed by atoms with E-state index in [1.807, 2.05) is 0 Å². The van der Waals surface area contributed by atoms with Gasteiger partial charge in [-0.05, 0) is 50.3 Å². The zero-order valence-corrected chi connectivity index (χ0v) is 14.0. The van der Waals surface area contributed by atoms with Crippen LogP contribution >= 0.6 is 0 Å². The number of imidazole rings is 1. The Morgan fingerprint density at radius 2 is 2.17 bits per heavy atom. The molecule has 0 bridgehead atoms. The monoisotopic (exact) mass is 313 g/mol. The van der Waals surface area contributed by atoms with Crippen LogP contribution in [0.2, 0.25) is 0 Å². The number of pyridine rings is 1. The first-order chi connectivity index (χ1) is 11.2. The molecule has 2 aromatic rings. The zero-order chi connectivity index (χ0) is 15.9. The molecule has 1 saturated heterocycles. The van der Waals surface area contributed by atoms with Gasteiger partial charge >= 0.3 is 0 Å². The predicted molar refractivity (Wildman–Crippen MR) is 91.3 cm³/mol. The third kappa shape index (κ3) is 3.29. The summed E-state index contributed by atoms with van der Waals surface area (Å²) in [6, 6.07) is 4.19. The number of aryl methyl sites for hydroxylation is 1. The number of aliphatic hydroxyl groups excluding tert-OH is 1. The Bertz CT molecular complexity index is 691. The van der Waals surface area contributed by atoms with Crippen molar-refractivity contribution in [1.29, 1.82) is 0 Å². The van der Waals surface area contributed by atoms with E-state index in [2.05, 4.69) is 40.8 Å². The summed E-state index contributed by atoms with van der Waals surface area (Å²) in [6.45, 7) is 5.49. The van der Waals surface area contributed by atoms with E-state index < -0.39 is 0 Å². The first-order valence-corrected chi connectivity index (χ1v) is 8.93. The van der Waals surface area contributed by atoms with E-state index in [-0.39, 0.29) is 5.41 Å². The maximum absolute atomic E-state index is 10.0. The Morgan fingerprint density at radius 3 is 2.96 bits per heavy atom. The quantitative estimate of drug-likeness (QED) is 0.922. The Kier molecular flexibility index (Phi) is 3.90. The van der Waals surface area contributed by atoms with E-state index in [0.717, 1.165) is 36.9 Å². The molecular weight excluding hydrogens is 286 g/mol. The lowest BCUT2D eigenvalue weighted by molar-refractivity contribution is 0.0176. The standard InChI is InChI=1S/C19H27N3O/c1-15-3-6-18-20-17(12-22(18)10-15)11-21-8-2-7-19(13-21,14-23)9-16-4-5-16/h3,6,10,12,16,23H,2,4-5,7-9,11,13-14H2,1H3. The molecule has 2 fully saturated rings. The van der Waals surface area contributed by atoms with Crippen molar-refractivity contribution in [3.05, 3.63) is 35.8 Å². The van der Waals surface area contributed by atoms with Gasteiger partial charge in [-0.3, -0.25) is 4.90 Å². The minimum Gasteiger partial charge on any atom is -0.396 e. The number of nitrogens with zero attached hydrogens (tertiary/aromatic N) is 3. The Hall–Kier alpha value is -1.39. The molecule has 1 unspecified atom stereocenters. The summed E-state index contributed by atoms with van der Waals surface area (Å²) in [5.74, 6) is 0.875. The van der Waals surface area contributed by atoms with Gasteiger partial charge in [0.05, 0.1) is 5.69 Å². The summed E-state index contributed by atoms with van der Waals surface area (Å²) >= 11 is 0. The molecule has 0 aromatic carbocycles. The van der Waals surface area contributed by atoms with Gasteiger partial charge in [0, 0.05) is 37.5 Å². The molecule has 4 heteroatoms. The lowest BCUT2D eigenvalue weighted by Gasteiger charge is -2.42. The van der Waals surface area contributed by atoms with Crippen molar-refractivity contribution < 1.29 is 5.11 Å². The fourth-order valence-electron chi connectivity index (χ4n) is 4.20. The van der Waals surface area contributed by atoms with Crippen LogP contribution in [0.4, 0.5) is 0 Å².